The monoisotopic (exact) mass is 327 g/mol. The number of nitrogens with one attached hydrogen (secondary N) is 3. The molecule has 0 saturated carbocycles. The van der Waals surface area contributed by atoms with Gasteiger partial charge in [-0.3, -0.25) is 20.0 Å². The summed E-state index contributed by atoms with van der Waals surface area (Å²) in [7, 11) is 0. The van der Waals surface area contributed by atoms with Gasteiger partial charge in [-0.05, 0) is 45.2 Å². The van der Waals surface area contributed by atoms with Crippen LogP contribution >= 0.6 is 0 Å². The third kappa shape index (κ3) is 2.51. The zero-order chi connectivity index (χ0) is 16.8. The first-order valence-electron chi connectivity index (χ1n) is 8.70. The Morgan fingerprint density at radius 1 is 1.12 bits per heavy atom. The second-order valence-corrected chi connectivity index (χ2v) is 6.97. The number of aryl methyl sites for hydroxylation is 2. The van der Waals surface area contributed by atoms with Gasteiger partial charge in [0.1, 0.15) is 12.5 Å². The van der Waals surface area contributed by atoms with Crippen molar-refractivity contribution in [2.75, 3.05) is 18.1 Å². The van der Waals surface area contributed by atoms with Gasteiger partial charge in [0, 0.05) is 18.8 Å². The van der Waals surface area contributed by atoms with Crippen LogP contribution in [0.15, 0.2) is 29.5 Å². The van der Waals surface area contributed by atoms with E-state index < -0.39 is 0 Å². The lowest BCUT2D eigenvalue weighted by molar-refractivity contribution is -0.122. The van der Waals surface area contributed by atoms with E-state index in [1.807, 2.05) is 11.9 Å². The van der Waals surface area contributed by atoms with Crippen LogP contribution in [-0.2, 0) is 4.79 Å². The summed E-state index contributed by atoms with van der Waals surface area (Å²) in [5.41, 5.74) is 8.72. The van der Waals surface area contributed by atoms with Crippen LogP contribution in [0.5, 0.6) is 0 Å². The Morgan fingerprint density at radius 2 is 1.88 bits per heavy atom. The topological polar surface area (TPSA) is 59.6 Å². The number of rotatable bonds is 2. The second-order valence-electron chi connectivity index (χ2n) is 6.97. The standard InChI is InChI=1S/C18H25N5O/c1-11-6-7-14(12(2)10-11)23-13(3)15-16(21-23)19-18(20-17(15)24)22-8-4-5-9-22/h6-7,10,16,18-19,21H,4-5,8-9H2,1-3H3,(H,20,24). The molecule has 3 aliphatic heterocycles. The number of carbonyl (C=O) groups excluding carboxylic acids is 1. The van der Waals surface area contributed by atoms with E-state index in [0.29, 0.717) is 0 Å². The minimum atomic E-state index is -0.148. The average Bonchev–Trinajstić information content (AvgIpc) is 3.16. The highest BCUT2D eigenvalue weighted by molar-refractivity contribution is 5.97. The maximum absolute atomic E-state index is 12.7. The number of hydrazine groups is 1. The number of nitrogens with zero attached hydrogens (tertiary/aromatic N) is 2. The fourth-order valence-corrected chi connectivity index (χ4v) is 3.94. The van der Waals surface area contributed by atoms with Crippen LogP contribution in [0.2, 0.25) is 0 Å². The van der Waals surface area contributed by atoms with Gasteiger partial charge in [-0.2, -0.15) is 0 Å². The highest BCUT2D eigenvalue weighted by Crippen LogP contribution is 2.30. The summed E-state index contributed by atoms with van der Waals surface area (Å²) in [6.07, 6.45) is 2.16. The maximum atomic E-state index is 12.7. The Morgan fingerprint density at radius 3 is 2.58 bits per heavy atom. The van der Waals surface area contributed by atoms with Crippen LogP contribution in [0.25, 0.3) is 0 Å². The lowest BCUT2D eigenvalue weighted by Crippen LogP contribution is -2.66. The lowest BCUT2D eigenvalue weighted by atomic mass is 10.1. The quantitative estimate of drug-likeness (QED) is 0.765. The van der Waals surface area contributed by atoms with Crippen LogP contribution in [0, 0.1) is 13.8 Å². The van der Waals surface area contributed by atoms with Crippen molar-refractivity contribution < 1.29 is 4.79 Å². The van der Waals surface area contributed by atoms with Crippen molar-refractivity contribution in [3.05, 3.63) is 40.6 Å². The number of fused-ring (bicyclic) bond motifs is 1. The van der Waals surface area contributed by atoms with E-state index in [1.54, 1.807) is 0 Å². The molecule has 4 rings (SSSR count). The molecule has 2 saturated heterocycles. The molecule has 0 aromatic heterocycles. The molecule has 1 amide bonds. The zero-order valence-corrected chi connectivity index (χ0v) is 14.5. The van der Waals surface area contributed by atoms with Gasteiger partial charge in [-0.15, -0.1) is 0 Å². The van der Waals surface area contributed by atoms with Crippen LogP contribution < -0.4 is 21.1 Å². The third-order valence-corrected chi connectivity index (χ3v) is 5.21. The molecule has 1 aromatic carbocycles. The number of carbonyl (C=O) groups is 1. The Balaban J connectivity index is 1.61. The zero-order valence-electron chi connectivity index (χ0n) is 14.5. The molecule has 2 unspecified atom stereocenters. The number of amides is 1. The SMILES string of the molecule is CC1=C2C(=O)NC(N3CCCC3)NC2NN1c1ccc(C)cc1C. The van der Waals surface area contributed by atoms with Crippen molar-refractivity contribution in [3.8, 4) is 0 Å². The summed E-state index contributed by atoms with van der Waals surface area (Å²) in [5, 5.41) is 8.67. The van der Waals surface area contributed by atoms with Gasteiger partial charge in [0.15, 0.2) is 0 Å². The van der Waals surface area contributed by atoms with Gasteiger partial charge in [0.05, 0.1) is 11.3 Å². The molecule has 0 bridgehead atoms. The molecule has 2 fully saturated rings. The minimum Gasteiger partial charge on any atom is -0.324 e. The fourth-order valence-electron chi connectivity index (χ4n) is 3.94. The molecule has 3 heterocycles. The predicted octanol–water partition coefficient (Wildman–Crippen LogP) is 1.33. The predicted molar refractivity (Wildman–Crippen MR) is 93.9 cm³/mol. The van der Waals surface area contributed by atoms with Gasteiger partial charge in [0.2, 0.25) is 0 Å². The summed E-state index contributed by atoms with van der Waals surface area (Å²) >= 11 is 0. The molecule has 128 valence electrons. The van der Waals surface area contributed by atoms with Crippen molar-refractivity contribution in [1.29, 1.82) is 0 Å². The normalized spacial score (nSPS) is 27.6. The van der Waals surface area contributed by atoms with Crippen molar-refractivity contribution in [2.24, 2.45) is 0 Å². The molecule has 3 aliphatic rings. The van der Waals surface area contributed by atoms with Crippen molar-refractivity contribution in [2.45, 2.75) is 46.1 Å². The van der Waals surface area contributed by atoms with Crippen LogP contribution in [0.1, 0.15) is 30.9 Å². The molecule has 6 nitrogen and oxygen atoms in total. The van der Waals surface area contributed by atoms with E-state index in [1.165, 1.54) is 24.0 Å². The lowest BCUT2D eigenvalue weighted by Gasteiger charge is -2.36. The number of benzene rings is 1. The summed E-state index contributed by atoms with van der Waals surface area (Å²) in [5.74, 6) is 0.0212. The van der Waals surface area contributed by atoms with Crippen molar-refractivity contribution >= 4 is 11.6 Å². The minimum absolute atomic E-state index is 0.0212. The first-order valence-corrected chi connectivity index (χ1v) is 8.70. The molecule has 6 heteroatoms. The average molecular weight is 327 g/mol. The van der Waals surface area contributed by atoms with Gasteiger partial charge in [0.25, 0.3) is 5.91 Å². The second kappa shape index (κ2) is 5.88. The van der Waals surface area contributed by atoms with E-state index >= 15 is 0 Å². The van der Waals surface area contributed by atoms with E-state index in [-0.39, 0.29) is 18.4 Å². The van der Waals surface area contributed by atoms with Crippen LogP contribution in [-0.4, -0.2) is 36.4 Å². The molecule has 3 N–H and O–H groups in total. The Kier molecular flexibility index (Phi) is 3.83. The fraction of sp³-hybridized carbons (Fsp3) is 0.500. The summed E-state index contributed by atoms with van der Waals surface area (Å²) in [6, 6.07) is 6.37. The number of hydrogen-bond acceptors (Lipinski definition) is 5. The maximum Gasteiger partial charge on any atom is 0.254 e. The first kappa shape index (κ1) is 15.6. The largest absolute Gasteiger partial charge is 0.324 e. The molecule has 1 aromatic rings. The number of hydrogen-bond donors (Lipinski definition) is 3. The van der Waals surface area contributed by atoms with E-state index in [4.69, 9.17) is 0 Å². The van der Waals surface area contributed by atoms with Crippen molar-refractivity contribution in [3.63, 3.8) is 0 Å². The van der Waals surface area contributed by atoms with E-state index in [2.05, 4.69) is 53.0 Å². The van der Waals surface area contributed by atoms with E-state index in [9.17, 15) is 4.79 Å². The summed E-state index contributed by atoms with van der Waals surface area (Å²) < 4.78 is 0. The number of likely N-dealkylation sites (tertiary alicyclic amines) is 1. The van der Waals surface area contributed by atoms with Crippen LogP contribution in [0.4, 0.5) is 5.69 Å². The van der Waals surface area contributed by atoms with Gasteiger partial charge < -0.3 is 5.32 Å². The summed E-state index contributed by atoms with van der Waals surface area (Å²) in [4.78, 5) is 15.0. The molecule has 0 spiro atoms. The van der Waals surface area contributed by atoms with Gasteiger partial charge in [-0.1, -0.05) is 17.7 Å². The van der Waals surface area contributed by atoms with Gasteiger partial charge in [-0.25, -0.2) is 5.43 Å². The third-order valence-electron chi connectivity index (χ3n) is 5.21. The molecular formula is C18H25N5O. The number of anilines is 1. The first-order chi connectivity index (χ1) is 11.5. The molecule has 2 atom stereocenters. The van der Waals surface area contributed by atoms with E-state index in [0.717, 1.165) is 30.0 Å². The Labute approximate surface area is 142 Å². The van der Waals surface area contributed by atoms with Crippen molar-refractivity contribution in [1.82, 2.24) is 21.0 Å². The van der Waals surface area contributed by atoms with Crippen LogP contribution in [0.3, 0.4) is 0 Å². The molecule has 24 heavy (non-hydrogen) atoms. The Bertz CT molecular complexity index is 707. The highest BCUT2D eigenvalue weighted by Gasteiger charge is 2.41. The van der Waals surface area contributed by atoms with Gasteiger partial charge >= 0.3 is 0 Å². The molecular weight excluding hydrogens is 302 g/mol. The highest BCUT2D eigenvalue weighted by atomic mass is 16.2. The Hall–Kier alpha value is -1.89. The molecule has 0 radical (unpaired) electrons. The molecule has 0 aliphatic carbocycles. The number of allylic oxidation sites excluding steroid dienone is 1. The smallest absolute Gasteiger partial charge is 0.254 e. The summed E-state index contributed by atoms with van der Waals surface area (Å²) in [6.45, 7) is 8.26.